The molecule has 4 nitrogen and oxygen atoms in total. The fourth-order valence-electron chi connectivity index (χ4n) is 3.82. The van der Waals surface area contributed by atoms with Crippen molar-refractivity contribution in [2.75, 3.05) is 13.7 Å². The van der Waals surface area contributed by atoms with Crippen LogP contribution in [0.1, 0.15) is 32.4 Å². The molecule has 0 aromatic carbocycles. The number of rotatable bonds is 4. The molecule has 3 rings (SSSR count). The van der Waals surface area contributed by atoms with Crippen LogP contribution >= 0.6 is 0 Å². The van der Waals surface area contributed by atoms with Crippen LogP contribution in [-0.2, 0) is 11.3 Å². The zero-order valence-electron chi connectivity index (χ0n) is 12.6. The van der Waals surface area contributed by atoms with E-state index in [-0.39, 0.29) is 5.41 Å². The van der Waals surface area contributed by atoms with E-state index in [4.69, 9.17) is 9.47 Å². The Hall–Kier alpha value is -1.13. The van der Waals surface area contributed by atoms with Gasteiger partial charge < -0.3 is 14.8 Å². The molecule has 1 saturated carbocycles. The zero-order chi connectivity index (χ0) is 14.2. The van der Waals surface area contributed by atoms with Gasteiger partial charge in [-0.25, -0.2) is 4.98 Å². The van der Waals surface area contributed by atoms with Crippen molar-refractivity contribution < 1.29 is 9.47 Å². The highest BCUT2D eigenvalue weighted by Gasteiger charge is 2.57. The first-order valence-corrected chi connectivity index (χ1v) is 7.48. The van der Waals surface area contributed by atoms with Crippen molar-refractivity contribution in [3.05, 3.63) is 23.9 Å². The molecule has 2 heterocycles. The Morgan fingerprint density at radius 3 is 3.10 bits per heavy atom. The van der Waals surface area contributed by atoms with E-state index in [0.717, 1.165) is 18.8 Å². The molecule has 0 radical (unpaired) electrons. The molecule has 0 spiro atoms. The molecular weight excluding hydrogens is 252 g/mol. The van der Waals surface area contributed by atoms with Crippen LogP contribution in [-0.4, -0.2) is 30.8 Å². The van der Waals surface area contributed by atoms with Crippen LogP contribution in [0.3, 0.4) is 0 Å². The highest BCUT2D eigenvalue weighted by Crippen LogP contribution is 2.51. The number of ether oxygens (including phenoxy) is 2. The van der Waals surface area contributed by atoms with Crippen molar-refractivity contribution >= 4 is 0 Å². The third-order valence-electron chi connectivity index (χ3n) is 4.82. The summed E-state index contributed by atoms with van der Waals surface area (Å²) in [5, 5.41) is 3.68. The number of fused-ring (bicyclic) bond motifs is 1. The summed E-state index contributed by atoms with van der Waals surface area (Å²) in [7, 11) is 1.65. The zero-order valence-corrected chi connectivity index (χ0v) is 12.6. The van der Waals surface area contributed by atoms with E-state index < -0.39 is 0 Å². The van der Waals surface area contributed by atoms with Gasteiger partial charge in [0.25, 0.3) is 0 Å². The van der Waals surface area contributed by atoms with Crippen molar-refractivity contribution in [2.45, 2.75) is 45.4 Å². The molecule has 1 N–H and O–H groups in total. The van der Waals surface area contributed by atoms with E-state index in [2.05, 4.69) is 24.1 Å². The Morgan fingerprint density at radius 1 is 1.45 bits per heavy atom. The molecule has 0 amide bonds. The van der Waals surface area contributed by atoms with Crippen molar-refractivity contribution in [3.63, 3.8) is 0 Å². The summed E-state index contributed by atoms with van der Waals surface area (Å²) in [6.07, 6.45) is 2.89. The molecule has 0 bridgehead atoms. The first kappa shape index (κ1) is 13.8. The molecule has 110 valence electrons. The summed E-state index contributed by atoms with van der Waals surface area (Å²) in [5.74, 6) is 1.33. The second-order valence-electron chi connectivity index (χ2n) is 6.45. The van der Waals surface area contributed by atoms with Gasteiger partial charge in [0.1, 0.15) is 0 Å². The van der Waals surface area contributed by atoms with Crippen molar-refractivity contribution in [3.8, 4) is 5.88 Å². The predicted octanol–water partition coefficient (Wildman–Crippen LogP) is 2.38. The van der Waals surface area contributed by atoms with Crippen molar-refractivity contribution in [2.24, 2.45) is 11.3 Å². The van der Waals surface area contributed by atoms with E-state index in [1.165, 1.54) is 12.8 Å². The lowest BCUT2D eigenvalue weighted by atomic mass is 9.55. The summed E-state index contributed by atoms with van der Waals surface area (Å²) in [6, 6.07) is 6.42. The highest BCUT2D eigenvalue weighted by atomic mass is 16.5. The first-order chi connectivity index (χ1) is 9.63. The van der Waals surface area contributed by atoms with Crippen molar-refractivity contribution in [1.29, 1.82) is 0 Å². The Labute approximate surface area is 120 Å². The van der Waals surface area contributed by atoms with Gasteiger partial charge in [0.2, 0.25) is 5.88 Å². The molecule has 4 heteroatoms. The largest absolute Gasteiger partial charge is 0.481 e. The SMILES string of the molecule is COc1cccc(CN[C@@H]2[C@H]3CCCO[C@@H]3C2(C)C)n1. The maximum Gasteiger partial charge on any atom is 0.213 e. The second-order valence-corrected chi connectivity index (χ2v) is 6.45. The van der Waals surface area contributed by atoms with Gasteiger partial charge in [-0.1, -0.05) is 19.9 Å². The minimum atomic E-state index is 0.212. The van der Waals surface area contributed by atoms with Gasteiger partial charge in [0.05, 0.1) is 18.9 Å². The Bertz CT molecular complexity index is 475. The summed E-state index contributed by atoms with van der Waals surface area (Å²) >= 11 is 0. The van der Waals surface area contributed by atoms with Crippen LogP contribution < -0.4 is 10.1 Å². The van der Waals surface area contributed by atoms with E-state index in [9.17, 15) is 0 Å². The topological polar surface area (TPSA) is 43.4 Å². The lowest BCUT2D eigenvalue weighted by Crippen LogP contribution is -2.69. The smallest absolute Gasteiger partial charge is 0.213 e. The maximum absolute atomic E-state index is 5.94. The van der Waals surface area contributed by atoms with E-state index in [1.54, 1.807) is 7.11 Å². The monoisotopic (exact) mass is 276 g/mol. The van der Waals surface area contributed by atoms with Crippen LogP contribution in [0.15, 0.2) is 18.2 Å². The van der Waals surface area contributed by atoms with Crippen LogP contribution in [0.25, 0.3) is 0 Å². The second kappa shape index (κ2) is 5.34. The van der Waals surface area contributed by atoms with Gasteiger partial charge >= 0.3 is 0 Å². The number of nitrogens with zero attached hydrogens (tertiary/aromatic N) is 1. The molecule has 3 atom stereocenters. The fraction of sp³-hybridized carbons (Fsp3) is 0.688. The molecule has 1 aliphatic heterocycles. The van der Waals surface area contributed by atoms with Gasteiger partial charge in [-0.2, -0.15) is 0 Å². The lowest BCUT2D eigenvalue weighted by molar-refractivity contribution is -0.193. The Kier molecular flexibility index (Phi) is 3.69. The number of hydrogen-bond acceptors (Lipinski definition) is 4. The van der Waals surface area contributed by atoms with Gasteiger partial charge in [-0.05, 0) is 18.9 Å². The quantitative estimate of drug-likeness (QED) is 0.917. The van der Waals surface area contributed by atoms with E-state index >= 15 is 0 Å². The number of hydrogen-bond donors (Lipinski definition) is 1. The molecule has 1 aromatic heterocycles. The summed E-state index contributed by atoms with van der Waals surface area (Å²) in [5.41, 5.74) is 1.24. The molecule has 1 aromatic rings. The minimum Gasteiger partial charge on any atom is -0.481 e. The molecule has 1 saturated heterocycles. The van der Waals surface area contributed by atoms with Crippen molar-refractivity contribution in [1.82, 2.24) is 10.3 Å². The summed E-state index contributed by atoms with van der Waals surface area (Å²) in [4.78, 5) is 4.46. The number of methoxy groups -OCH3 is 1. The number of aromatic nitrogens is 1. The van der Waals surface area contributed by atoms with Crippen LogP contribution in [0.5, 0.6) is 5.88 Å². The van der Waals surface area contributed by atoms with Gasteiger partial charge in [0, 0.05) is 36.6 Å². The highest BCUT2D eigenvalue weighted by molar-refractivity contribution is 5.16. The molecule has 2 aliphatic rings. The number of pyridine rings is 1. The fourth-order valence-corrected chi connectivity index (χ4v) is 3.82. The third-order valence-corrected chi connectivity index (χ3v) is 4.82. The lowest BCUT2D eigenvalue weighted by Gasteiger charge is -2.60. The van der Waals surface area contributed by atoms with Gasteiger partial charge in [-0.15, -0.1) is 0 Å². The average Bonchev–Trinajstić information content (AvgIpc) is 2.47. The van der Waals surface area contributed by atoms with E-state index in [0.29, 0.717) is 23.9 Å². The minimum absolute atomic E-state index is 0.212. The van der Waals surface area contributed by atoms with Crippen LogP contribution in [0.4, 0.5) is 0 Å². The molecule has 0 unspecified atom stereocenters. The third kappa shape index (κ3) is 2.31. The van der Waals surface area contributed by atoms with Crippen LogP contribution in [0.2, 0.25) is 0 Å². The number of nitrogens with one attached hydrogen (secondary N) is 1. The molecule has 20 heavy (non-hydrogen) atoms. The molecule has 1 aliphatic carbocycles. The van der Waals surface area contributed by atoms with Gasteiger partial charge in [0.15, 0.2) is 0 Å². The predicted molar refractivity (Wildman–Crippen MR) is 77.7 cm³/mol. The normalized spacial score (nSPS) is 31.2. The Balaban J connectivity index is 1.63. The van der Waals surface area contributed by atoms with Crippen LogP contribution in [0, 0.1) is 11.3 Å². The Morgan fingerprint density at radius 2 is 2.30 bits per heavy atom. The summed E-state index contributed by atoms with van der Waals surface area (Å²) in [6.45, 7) is 6.32. The molecule has 2 fully saturated rings. The maximum atomic E-state index is 5.94. The standard InChI is InChI=1S/C16H24N2O2/c1-16(2)14(12-7-5-9-20-15(12)16)17-10-11-6-4-8-13(18-11)19-3/h4,6,8,12,14-15,17H,5,7,9-10H2,1-3H3/t12-,14-,15+/m1/s1. The van der Waals surface area contributed by atoms with E-state index in [1.807, 2.05) is 18.2 Å². The first-order valence-electron chi connectivity index (χ1n) is 7.48. The molecular formula is C16H24N2O2. The average molecular weight is 276 g/mol. The van der Waals surface area contributed by atoms with Gasteiger partial charge in [-0.3, -0.25) is 0 Å². The summed E-state index contributed by atoms with van der Waals surface area (Å²) < 4.78 is 11.1.